The Hall–Kier alpha value is -4.34. The van der Waals surface area contributed by atoms with Crippen molar-refractivity contribution in [2.24, 2.45) is 0 Å². The summed E-state index contributed by atoms with van der Waals surface area (Å²) in [4.78, 5) is 31.0. The number of nitrogens with zero attached hydrogens (tertiary/aromatic N) is 5. The minimum absolute atomic E-state index is 0.100. The van der Waals surface area contributed by atoms with Crippen LogP contribution in [0.1, 0.15) is 39.0 Å². The molecule has 6 rings (SSSR count). The zero-order chi connectivity index (χ0) is 25.4. The molecule has 37 heavy (non-hydrogen) atoms. The van der Waals surface area contributed by atoms with Crippen LogP contribution >= 0.6 is 0 Å². The van der Waals surface area contributed by atoms with Gasteiger partial charge in [-0.15, -0.1) is 0 Å². The summed E-state index contributed by atoms with van der Waals surface area (Å²) in [7, 11) is 0. The number of benzene rings is 1. The van der Waals surface area contributed by atoms with Crippen LogP contribution in [-0.2, 0) is 4.79 Å². The van der Waals surface area contributed by atoms with Crippen LogP contribution in [0.15, 0.2) is 42.9 Å². The average molecular weight is 499 g/mol. The number of hydrogen-bond donors (Lipinski definition) is 3. The number of aromatic nitrogens is 6. The maximum absolute atomic E-state index is 16.0. The highest BCUT2D eigenvalue weighted by Gasteiger charge is 2.22. The van der Waals surface area contributed by atoms with E-state index in [0.29, 0.717) is 51.3 Å². The molecule has 1 aliphatic rings. The number of pyridine rings is 2. The second-order valence-corrected chi connectivity index (χ2v) is 9.34. The van der Waals surface area contributed by atoms with Crippen molar-refractivity contribution in [3.63, 3.8) is 0 Å². The molecule has 9 nitrogen and oxygen atoms in total. The van der Waals surface area contributed by atoms with Crippen LogP contribution in [0.5, 0.6) is 0 Å². The van der Waals surface area contributed by atoms with Crippen LogP contribution in [0.25, 0.3) is 44.7 Å². The van der Waals surface area contributed by atoms with E-state index in [1.165, 1.54) is 6.42 Å². The Kier molecular flexibility index (Phi) is 5.99. The molecule has 188 valence electrons. The van der Waals surface area contributed by atoms with Crippen molar-refractivity contribution in [2.75, 3.05) is 23.3 Å². The van der Waals surface area contributed by atoms with Gasteiger partial charge in [0.1, 0.15) is 17.0 Å². The van der Waals surface area contributed by atoms with Crippen LogP contribution in [-0.4, -0.2) is 49.1 Å². The molecule has 10 heteroatoms. The second kappa shape index (κ2) is 9.61. The molecule has 0 aliphatic carbocycles. The van der Waals surface area contributed by atoms with E-state index in [9.17, 15) is 4.79 Å². The maximum atomic E-state index is 16.0. The predicted octanol–water partition coefficient (Wildman–Crippen LogP) is 5.43. The molecule has 4 aromatic heterocycles. The number of aromatic amines is 2. The highest BCUT2D eigenvalue weighted by molar-refractivity contribution is 5.98. The molecule has 0 radical (unpaired) electrons. The van der Waals surface area contributed by atoms with E-state index >= 15 is 4.39 Å². The number of carbonyl (C=O) groups excluding carboxylic acids is 1. The maximum Gasteiger partial charge on any atom is 0.224 e. The minimum Gasteiger partial charge on any atom is -0.370 e. The van der Waals surface area contributed by atoms with Gasteiger partial charge in [0.15, 0.2) is 11.5 Å². The van der Waals surface area contributed by atoms with Crippen molar-refractivity contribution in [1.82, 2.24) is 30.1 Å². The molecule has 1 aliphatic heterocycles. The lowest BCUT2D eigenvalue weighted by Crippen LogP contribution is -2.29. The van der Waals surface area contributed by atoms with Crippen molar-refractivity contribution in [1.29, 1.82) is 0 Å². The molecular formula is C27H27FN8O. The number of halogens is 1. The summed E-state index contributed by atoms with van der Waals surface area (Å²) in [6, 6.07) is 7.19. The monoisotopic (exact) mass is 498 g/mol. The third-order valence-electron chi connectivity index (χ3n) is 6.77. The lowest BCUT2D eigenvalue weighted by atomic mass is 10.0. The molecule has 5 heterocycles. The summed E-state index contributed by atoms with van der Waals surface area (Å²) in [5, 5.41) is 10.5. The summed E-state index contributed by atoms with van der Waals surface area (Å²) in [5.41, 5.74) is 4.84. The van der Waals surface area contributed by atoms with E-state index < -0.39 is 5.82 Å². The Morgan fingerprint density at radius 2 is 2.03 bits per heavy atom. The van der Waals surface area contributed by atoms with Gasteiger partial charge in [0.25, 0.3) is 0 Å². The number of hydrogen-bond acceptors (Lipinski definition) is 6. The van der Waals surface area contributed by atoms with Crippen molar-refractivity contribution >= 4 is 39.3 Å². The van der Waals surface area contributed by atoms with Crippen LogP contribution < -0.4 is 10.2 Å². The Bertz CT molecular complexity index is 1600. The zero-order valence-electron chi connectivity index (χ0n) is 20.5. The zero-order valence-corrected chi connectivity index (χ0v) is 20.5. The van der Waals surface area contributed by atoms with Gasteiger partial charge >= 0.3 is 0 Å². The summed E-state index contributed by atoms with van der Waals surface area (Å²) in [6.07, 6.45) is 9.59. The first kappa shape index (κ1) is 23.1. The standard InChI is InChI=1S/C27H27FN8O/c1-2-6-21(37)31-17-13-16(14-29-15-17)18-7-8-19-22(23(18)28)25(35-34-19)27-32-24-20(9-10-30-26(24)33-27)36-11-4-3-5-12-36/h7-10,13-15H,2-6,11-12H2,1H3,(H,31,37)(H,34,35)(H,30,32,33). The Morgan fingerprint density at radius 1 is 1.16 bits per heavy atom. The van der Waals surface area contributed by atoms with Gasteiger partial charge in [-0.2, -0.15) is 5.10 Å². The van der Waals surface area contributed by atoms with E-state index in [-0.39, 0.29) is 5.91 Å². The first-order chi connectivity index (χ1) is 18.1. The van der Waals surface area contributed by atoms with Crippen LogP contribution in [0.3, 0.4) is 0 Å². The summed E-state index contributed by atoms with van der Waals surface area (Å²) in [6.45, 7) is 3.92. The van der Waals surface area contributed by atoms with E-state index in [1.54, 1.807) is 36.8 Å². The molecule has 0 unspecified atom stereocenters. The normalized spacial score (nSPS) is 13.9. The van der Waals surface area contributed by atoms with E-state index in [2.05, 4.69) is 40.3 Å². The third-order valence-corrected chi connectivity index (χ3v) is 6.77. The quantitative estimate of drug-likeness (QED) is 0.287. The van der Waals surface area contributed by atoms with Crippen LogP contribution in [0.4, 0.5) is 15.8 Å². The number of rotatable bonds is 6. The minimum atomic E-state index is -0.440. The molecule has 1 aromatic carbocycles. The topological polar surface area (TPSA) is 115 Å². The van der Waals surface area contributed by atoms with Crippen molar-refractivity contribution in [3.05, 3.63) is 48.7 Å². The number of piperidine rings is 1. The van der Waals surface area contributed by atoms with E-state index in [4.69, 9.17) is 0 Å². The largest absolute Gasteiger partial charge is 0.370 e. The molecule has 1 amide bonds. The van der Waals surface area contributed by atoms with Gasteiger partial charge in [0.2, 0.25) is 5.91 Å². The molecular weight excluding hydrogens is 471 g/mol. The predicted molar refractivity (Wildman–Crippen MR) is 142 cm³/mol. The summed E-state index contributed by atoms with van der Waals surface area (Å²) in [5.74, 6) is -0.0883. The second-order valence-electron chi connectivity index (χ2n) is 9.34. The van der Waals surface area contributed by atoms with Gasteiger partial charge in [-0.05, 0) is 49.9 Å². The number of anilines is 2. The van der Waals surface area contributed by atoms with Crippen molar-refractivity contribution in [2.45, 2.75) is 39.0 Å². The number of carbonyl (C=O) groups is 1. The highest BCUT2D eigenvalue weighted by Crippen LogP contribution is 2.35. The Labute approximate surface area is 212 Å². The first-order valence-electron chi connectivity index (χ1n) is 12.6. The molecule has 1 saturated heterocycles. The molecule has 0 saturated carbocycles. The molecule has 3 N–H and O–H groups in total. The van der Waals surface area contributed by atoms with Gasteiger partial charge in [-0.25, -0.2) is 14.4 Å². The molecule has 5 aromatic rings. The van der Waals surface area contributed by atoms with Gasteiger partial charge < -0.3 is 15.2 Å². The van der Waals surface area contributed by atoms with Crippen LogP contribution in [0, 0.1) is 5.82 Å². The third kappa shape index (κ3) is 4.28. The molecule has 0 spiro atoms. The molecule has 0 bridgehead atoms. The molecule has 1 fully saturated rings. The van der Waals surface area contributed by atoms with Crippen molar-refractivity contribution in [3.8, 4) is 22.6 Å². The number of amides is 1. The van der Waals surface area contributed by atoms with Gasteiger partial charge in [0.05, 0.1) is 28.5 Å². The summed E-state index contributed by atoms with van der Waals surface area (Å²) >= 11 is 0. The van der Waals surface area contributed by atoms with Gasteiger partial charge in [-0.1, -0.05) is 6.92 Å². The van der Waals surface area contributed by atoms with Crippen LogP contribution in [0.2, 0.25) is 0 Å². The number of imidazole rings is 1. The van der Waals surface area contributed by atoms with Crippen molar-refractivity contribution < 1.29 is 9.18 Å². The Morgan fingerprint density at radius 3 is 2.86 bits per heavy atom. The highest BCUT2D eigenvalue weighted by atomic mass is 19.1. The first-order valence-corrected chi connectivity index (χ1v) is 12.6. The fourth-order valence-corrected chi connectivity index (χ4v) is 4.98. The smallest absolute Gasteiger partial charge is 0.224 e. The van der Waals surface area contributed by atoms with E-state index in [0.717, 1.165) is 43.6 Å². The average Bonchev–Trinajstić information content (AvgIpc) is 3.54. The SMILES string of the molecule is CCCC(=O)Nc1cncc(-c2ccc3[nH]nc(-c4nc5nccc(N6CCCCC6)c5[nH]4)c3c2F)c1. The number of nitrogens with one attached hydrogen (secondary N) is 3. The van der Waals surface area contributed by atoms with Gasteiger partial charge in [-0.3, -0.25) is 14.9 Å². The number of H-pyrrole nitrogens is 2. The van der Waals surface area contributed by atoms with E-state index in [1.807, 2.05) is 13.0 Å². The number of fused-ring (bicyclic) bond motifs is 2. The Balaban J connectivity index is 1.41. The molecule has 0 atom stereocenters. The fraction of sp³-hybridized carbons (Fsp3) is 0.296. The lowest BCUT2D eigenvalue weighted by Gasteiger charge is -2.28. The lowest BCUT2D eigenvalue weighted by molar-refractivity contribution is -0.116. The van der Waals surface area contributed by atoms with Gasteiger partial charge in [0, 0.05) is 43.0 Å². The summed E-state index contributed by atoms with van der Waals surface area (Å²) < 4.78 is 16.0. The fourth-order valence-electron chi connectivity index (χ4n) is 4.98.